The third-order valence-electron chi connectivity index (χ3n) is 3.87. The molecule has 1 saturated heterocycles. The molecule has 12 heteroatoms. The number of anilines is 1. The minimum atomic E-state index is -1.58. The molecule has 1 aliphatic rings. The Balaban J connectivity index is 2.16. The molecule has 3 heterocycles. The number of nitrogen functional groups attached to an aromatic ring is 1. The van der Waals surface area contributed by atoms with E-state index in [2.05, 4.69) is 15.0 Å². The lowest BCUT2D eigenvalue weighted by Crippen LogP contribution is -2.56. The van der Waals surface area contributed by atoms with Crippen LogP contribution in [0.1, 0.15) is 6.23 Å². The number of imidazole rings is 1. The van der Waals surface area contributed by atoms with Gasteiger partial charge in [-0.15, -0.1) is 0 Å². The molecule has 0 aliphatic carbocycles. The molecule has 1 aliphatic heterocycles. The Kier molecular flexibility index (Phi) is 4.50. The van der Waals surface area contributed by atoms with Crippen molar-refractivity contribution in [2.45, 2.75) is 35.8 Å². The van der Waals surface area contributed by atoms with Gasteiger partial charge in [0.2, 0.25) is 5.95 Å². The van der Waals surface area contributed by atoms with Crippen molar-refractivity contribution >= 4 is 28.9 Å². The van der Waals surface area contributed by atoms with E-state index in [0.717, 1.165) is 4.57 Å². The monoisotopic (exact) mass is 359 g/mol. The maximum Gasteiger partial charge on any atom is 0.279 e. The van der Waals surface area contributed by atoms with Gasteiger partial charge in [-0.2, -0.15) is 0 Å². The van der Waals surface area contributed by atoms with Crippen molar-refractivity contribution in [3.63, 3.8) is 0 Å². The van der Waals surface area contributed by atoms with Gasteiger partial charge in [-0.1, -0.05) is 11.8 Å². The zero-order valence-corrected chi connectivity index (χ0v) is 13.3. The Labute approximate surface area is 139 Å². The summed E-state index contributed by atoms with van der Waals surface area (Å²) in [7, 11) is 0. The highest BCUT2D eigenvalue weighted by atomic mass is 32.2. The van der Waals surface area contributed by atoms with Crippen molar-refractivity contribution in [3.05, 3.63) is 10.4 Å². The predicted molar refractivity (Wildman–Crippen MR) is 83.4 cm³/mol. The lowest BCUT2D eigenvalue weighted by atomic mass is 9.98. The van der Waals surface area contributed by atoms with Crippen LogP contribution < -0.4 is 11.3 Å². The molecule has 0 bridgehead atoms. The van der Waals surface area contributed by atoms with Crippen LogP contribution >= 0.6 is 11.8 Å². The van der Waals surface area contributed by atoms with Gasteiger partial charge >= 0.3 is 0 Å². The van der Waals surface area contributed by atoms with Gasteiger partial charge in [-0.25, -0.2) is 9.97 Å². The Bertz CT molecular complexity index is 807. The van der Waals surface area contributed by atoms with Crippen molar-refractivity contribution in [1.29, 1.82) is 0 Å². The summed E-state index contributed by atoms with van der Waals surface area (Å²) in [6, 6.07) is 0. The van der Waals surface area contributed by atoms with E-state index in [1.807, 2.05) is 0 Å². The van der Waals surface area contributed by atoms with E-state index in [4.69, 9.17) is 10.5 Å². The predicted octanol–water partition coefficient (Wildman–Crippen LogP) is -2.60. The van der Waals surface area contributed by atoms with E-state index in [9.17, 15) is 25.2 Å². The van der Waals surface area contributed by atoms with Gasteiger partial charge in [-0.05, 0) is 6.26 Å². The van der Waals surface area contributed by atoms with Gasteiger partial charge < -0.3 is 30.9 Å². The largest absolute Gasteiger partial charge is 0.394 e. The van der Waals surface area contributed by atoms with Crippen LogP contribution in [0.15, 0.2) is 9.95 Å². The first-order chi connectivity index (χ1) is 11.4. The summed E-state index contributed by atoms with van der Waals surface area (Å²) in [6.07, 6.45) is -5.35. The van der Waals surface area contributed by atoms with Crippen molar-refractivity contribution in [1.82, 2.24) is 19.5 Å². The van der Waals surface area contributed by atoms with Gasteiger partial charge in [0.05, 0.1) is 6.61 Å². The SMILES string of the molecule is CSc1nc2c(nc(N)n2[C@H]2O[C@@H](CO)[C@H](O)[C@H](O)[C@H]2O)c(=O)[nH]1. The molecule has 11 nitrogen and oxygen atoms in total. The van der Waals surface area contributed by atoms with E-state index in [1.54, 1.807) is 6.26 Å². The molecular weight excluding hydrogens is 342 g/mol. The van der Waals surface area contributed by atoms with Crippen molar-refractivity contribution in [2.24, 2.45) is 0 Å². The number of nitrogens with one attached hydrogen (secondary N) is 1. The summed E-state index contributed by atoms with van der Waals surface area (Å²) < 4.78 is 6.61. The number of hydrogen-bond donors (Lipinski definition) is 6. The summed E-state index contributed by atoms with van der Waals surface area (Å²) in [5.74, 6) is -0.161. The van der Waals surface area contributed by atoms with Crippen LogP contribution in [0.2, 0.25) is 0 Å². The standard InChI is InChI=1S/C12H17N5O6S/c1-24-12-15-8-4(9(22)16-12)14-11(13)17(8)10-7(21)6(20)5(19)3(2-18)23-10/h3,5-7,10,18-21H,2H2,1H3,(H2,13,14)(H,15,16,22)/t3-,5-,6-,7+,10-/m0/s1. The number of nitrogens with zero attached hydrogens (tertiary/aromatic N) is 3. The summed E-state index contributed by atoms with van der Waals surface area (Å²) in [4.78, 5) is 22.7. The molecule has 0 spiro atoms. The van der Waals surface area contributed by atoms with Gasteiger partial charge in [0.1, 0.15) is 24.4 Å². The Morgan fingerprint density at radius 2 is 2.00 bits per heavy atom. The summed E-state index contributed by atoms with van der Waals surface area (Å²) >= 11 is 1.19. The number of aromatic amines is 1. The van der Waals surface area contributed by atoms with Crippen molar-refractivity contribution in [3.8, 4) is 0 Å². The topological polar surface area (TPSA) is 180 Å². The minimum Gasteiger partial charge on any atom is -0.394 e. The molecule has 7 N–H and O–H groups in total. The molecule has 1 fully saturated rings. The zero-order chi connectivity index (χ0) is 17.6. The maximum atomic E-state index is 12.1. The lowest BCUT2D eigenvalue weighted by molar-refractivity contribution is -0.250. The number of hydrogen-bond acceptors (Lipinski definition) is 10. The number of rotatable bonds is 3. The highest BCUT2D eigenvalue weighted by Gasteiger charge is 2.45. The molecular formula is C12H17N5O6S. The second-order valence-electron chi connectivity index (χ2n) is 5.31. The Morgan fingerprint density at radius 3 is 2.62 bits per heavy atom. The average molecular weight is 359 g/mol. The fourth-order valence-electron chi connectivity index (χ4n) is 2.62. The second-order valence-corrected chi connectivity index (χ2v) is 6.10. The number of aliphatic hydroxyl groups excluding tert-OH is 4. The highest BCUT2D eigenvalue weighted by molar-refractivity contribution is 7.98. The zero-order valence-electron chi connectivity index (χ0n) is 12.5. The summed E-state index contributed by atoms with van der Waals surface area (Å²) in [6.45, 7) is -0.585. The van der Waals surface area contributed by atoms with E-state index in [0.29, 0.717) is 5.16 Å². The fourth-order valence-corrected chi connectivity index (χ4v) is 3.00. The third-order valence-corrected chi connectivity index (χ3v) is 4.45. The Hall–Kier alpha value is -1.70. The van der Waals surface area contributed by atoms with Crippen molar-refractivity contribution < 1.29 is 25.2 Å². The van der Waals surface area contributed by atoms with E-state index >= 15 is 0 Å². The number of ether oxygens (including phenoxy) is 1. The van der Waals surface area contributed by atoms with E-state index < -0.39 is 42.8 Å². The first kappa shape index (κ1) is 17.1. The van der Waals surface area contributed by atoms with Crippen LogP contribution in [0.5, 0.6) is 0 Å². The van der Waals surface area contributed by atoms with E-state index in [1.165, 1.54) is 11.8 Å². The lowest BCUT2D eigenvalue weighted by Gasteiger charge is -2.40. The quantitative estimate of drug-likeness (QED) is 0.251. The van der Waals surface area contributed by atoms with Gasteiger partial charge in [0, 0.05) is 0 Å². The average Bonchev–Trinajstić information content (AvgIpc) is 2.90. The molecule has 2 aromatic rings. The number of aliphatic hydroxyl groups is 4. The second kappa shape index (κ2) is 6.31. The molecule has 2 aromatic heterocycles. The summed E-state index contributed by atoms with van der Waals surface area (Å²) in [5, 5.41) is 39.6. The number of nitrogens with two attached hydrogens (primary N) is 1. The normalized spacial score (nSPS) is 30.8. The van der Waals surface area contributed by atoms with Crippen LogP contribution in [0.25, 0.3) is 11.2 Å². The number of H-pyrrole nitrogens is 1. The van der Waals surface area contributed by atoms with Crippen LogP contribution in [-0.4, -0.2) is 77.2 Å². The molecule has 132 valence electrons. The number of thioether (sulfide) groups is 1. The van der Waals surface area contributed by atoms with Crippen LogP contribution in [-0.2, 0) is 4.74 Å². The number of aromatic nitrogens is 4. The molecule has 0 aromatic carbocycles. The smallest absolute Gasteiger partial charge is 0.279 e. The molecule has 0 radical (unpaired) electrons. The highest BCUT2D eigenvalue weighted by Crippen LogP contribution is 2.32. The van der Waals surface area contributed by atoms with Crippen LogP contribution in [0, 0.1) is 0 Å². The van der Waals surface area contributed by atoms with Crippen LogP contribution in [0.3, 0.4) is 0 Å². The van der Waals surface area contributed by atoms with Crippen LogP contribution in [0.4, 0.5) is 5.95 Å². The van der Waals surface area contributed by atoms with Gasteiger partial charge in [0.15, 0.2) is 22.5 Å². The minimum absolute atomic E-state index is 0.0535. The van der Waals surface area contributed by atoms with Gasteiger partial charge in [-0.3, -0.25) is 14.3 Å². The van der Waals surface area contributed by atoms with E-state index in [-0.39, 0.29) is 17.1 Å². The molecule has 0 amide bonds. The maximum absolute atomic E-state index is 12.1. The first-order valence-corrected chi connectivity index (χ1v) is 8.23. The third kappa shape index (κ3) is 2.56. The van der Waals surface area contributed by atoms with Crippen molar-refractivity contribution in [2.75, 3.05) is 18.6 Å². The molecule has 5 atom stereocenters. The fraction of sp³-hybridized carbons (Fsp3) is 0.583. The summed E-state index contributed by atoms with van der Waals surface area (Å²) in [5.41, 5.74) is 5.32. The molecule has 0 unspecified atom stereocenters. The first-order valence-electron chi connectivity index (χ1n) is 7.01. The molecule has 24 heavy (non-hydrogen) atoms. The van der Waals surface area contributed by atoms with Gasteiger partial charge in [0.25, 0.3) is 5.56 Å². The molecule has 3 rings (SSSR count). The number of fused-ring (bicyclic) bond motifs is 1. The Morgan fingerprint density at radius 1 is 1.29 bits per heavy atom. The molecule has 0 saturated carbocycles.